The van der Waals surface area contributed by atoms with E-state index < -0.39 is 10.5 Å². The normalized spacial score (nSPS) is 10.8. The Morgan fingerprint density at radius 2 is 2.11 bits per heavy atom. The highest BCUT2D eigenvalue weighted by molar-refractivity contribution is 5.62. The van der Waals surface area contributed by atoms with E-state index in [2.05, 4.69) is 5.32 Å². The molecule has 0 saturated carbocycles. The van der Waals surface area contributed by atoms with Crippen LogP contribution in [0, 0.1) is 21.4 Å². The first-order valence-corrected chi connectivity index (χ1v) is 5.70. The number of hydrogen-bond acceptors (Lipinski definition) is 6. The molecule has 0 aliphatic rings. The first-order valence-electron chi connectivity index (χ1n) is 5.70. The molecule has 0 spiro atoms. The first-order chi connectivity index (χ1) is 9.01. The van der Waals surface area contributed by atoms with E-state index in [-0.39, 0.29) is 24.5 Å². The third kappa shape index (κ3) is 3.19. The van der Waals surface area contributed by atoms with Gasteiger partial charge in [-0.25, -0.2) is 0 Å². The van der Waals surface area contributed by atoms with Crippen LogP contribution in [-0.2, 0) is 0 Å². The molecule has 0 aliphatic heterocycles. The van der Waals surface area contributed by atoms with Crippen LogP contribution < -0.4 is 5.32 Å². The topological polar surface area (TPSA) is 119 Å². The first kappa shape index (κ1) is 14.9. The van der Waals surface area contributed by atoms with Crippen LogP contribution in [0.1, 0.15) is 18.9 Å². The minimum atomic E-state index is -0.957. The molecule has 0 aliphatic carbocycles. The van der Waals surface area contributed by atoms with Crippen LogP contribution in [-0.4, -0.2) is 33.9 Å². The van der Waals surface area contributed by atoms with Crippen LogP contribution >= 0.6 is 0 Å². The van der Waals surface area contributed by atoms with E-state index >= 15 is 0 Å². The van der Waals surface area contributed by atoms with Gasteiger partial charge in [0.15, 0.2) is 0 Å². The van der Waals surface area contributed by atoms with Gasteiger partial charge in [-0.15, -0.1) is 0 Å². The number of hydrogen-bond donors (Lipinski definition) is 3. The zero-order valence-electron chi connectivity index (χ0n) is 10.5. The largest absolute Gasteiger partial charge is 0.394 e. The SMILES string of the molecule is CCC(CO)(CO)Nc1ccc([N+](=O)[O-])cc1C#N. The fraction of sp³-hybridized carbons (Fsp3) is 0.417. The summed E-state index contributed by atoms with van der Waals surface area (Å²) >= 11 is 0. The molecule has 0 unspecified atom stereocenters. The summed E-state index contributed by atoms with van der Waals surface area (Å²) in [5, 5.41) is 41.2. The third-order valence-corrected chi connectivity index (χ3v) is 3.02. The number of nitro benzene ring substituents is 1. The number of anilines is 1. The minimum absolute atomic E-state index is 0.0916. The van der Waals surface area contributed by atoms with Crippen molar-refractivity contribution in [2.24, 2.45) is 0 Å². The van der Waals surface area contributed by atoms with Gasteiger partial charge in [-0.3, -0.25) is 10.1 Å². The van der Waals surface area contributed by atoms with E-state index in [1.54, 1.807) is 6.92 Å². The maximum absolute atomic E-state index is 10.6. The highest BCUT2D eigenvalue weighted by Gasteiger charge is 2.27. The van der Waals surface area contributed by atoms with Gasteiger partial charge in [-0.2, -0.15) is 5.26 Å². The summed E-state index contributed by atoms with van der Waals surface area (Å²) in [6.45, 7) is 1.14. The van der Waals surface area contributed by atoms with Crippen molar-refractivity contribution in [3.05, 3.63) is 33.9 Å². The Labute approximate surface area is 110 Å². The van der Waals surface area contributed by atoms with Crippen molar-refractivity contribution < 1.29 is 15.1 Å². The molecule has 0 heterocycles. The number of rotatable bonds is 6. The van der Waals surface area contributed by atoms with Crippen molar-refractivity contribution in [2.75, 3.05) is 18.5 Å². The second kappa shape index (κ2) is 6.13. The lowest BCUT2D eigenvalue weighted by Crippen LogP contribution is -2.45. The van der Waals surface area contributed by atoms with Crippen molar-refractivity contribution in [2.45, 2.75) is 18.9 Å². The molecule has 0 atom stereocenters. The van der Waals surface area contributed by atoms with Gasteiger partial charge in [0.05, 0.1) is 34.9 Å². The Hall–Kier alpha value is -2.17. The molecule has 0 aromatic heterocycles. The van der Waals surface area contributed by atoms with Crippen molar-refractivity contribution in [3.63, 3.8) is 0 Å². The number of nitrogens with one attached hydrogen (secondary N) is 1. The lowest BCUT2D eigenvalue weighted by Gasteiger charge is -2.31. The van der Waals surface area contributed by atoms with E-state index in [1.807, 2.05) is 6.07 Å². The highest BCUT2D eigenvalue weighted by atomic mass is 16.6. The van der Waals surface area contributed by atoms with Gasteiger partial charge in [0.2, 0.25) is 0 Å². The molecule has 1 aromatic rings. The zero-order chi connectivity index (χ0) is 14.5. The summed E-state index contributed by atoms with van der Waals surface area (Å²) in [7, 11) is 0. The van der Waals surface area contributed by atoms with E-state index in [9.17, 15) is 20.3 Å². The molecule has 1 aromatic carbocycles. The van der Waals surface area contributed by atoms with Crippen molar-refractivity contribution in [1.82, 2.24) is 0 Å². The standard InChI is InChI=1S/C12H15N3O4/c1-2-12(7-16,8-17)14-11-4-3-10(15(18)19)5-9(11)6-13/h3-5,14,16-17H,2,7-8H2,1H3. The number of aliphatic hydroxyl groups is 2. The Balaban J connectivity index is 3.15. The quantitative estimate of drug-likeness (QED) is 0.521. The second-order valence-electron chi connectivity index (χ2n) is 4.17. The number of nitrogens with zero attached hydrogens (tertiary/aromatic N) is 2. The van der Waals surface area contributed by atoms with Gasteiger partial charge in [-0.1, -0.05) is 6.92 Å². The molecule has 0 amide bonds. The maximum Gasteiger partial charge on any atom is 0.270 e. The van der Waals surface area contributed by atoms with Gasteiger partial charge in [-0.05, 0) is 12.5 Å². The van der Waals surface area contributed by atoms with Crippen LogP contribution in [0.4, 0.5) is 11.4 Å². The Morgan fingerprint density at radius 3 is 2.53 bits per heavy atom. The molecule has 102 valence electrons. The van der Waals surface area contributed by atoms with Gasteiger partial charge in [0.1, 0.15) is 6.07 Å². The summed E-state index contributed by atoms with van der Waals surface area (Å²) in [5.41, 5.74) is -0.703. The predicted molar refractivity (Wildman–Crippen MR) is 68.6 cm³/mol. The minimum Gasteiger partial charge on any atom is -0.394 e. The molecule has 0 bridgehead atoms. The highest BCUT2D eigenvalue weighted by Crippen LogP contribution is 2.25. The molecule has 1 rings (SSSR count). The summed E-state index contributed by atoms with van der Waals surface area (Å²) in [4.78, 5) is 10.0. The van der Waals surface area contributed by atoms with Crippen LogP contribution in [0.15, 0.2) is 18.2 Å². The van der Waals surface area contributed by atoms with Crippen LogP contribution in [0.25, 0.3) is 0 Å². The number of non-ortho nitro benzene ring substituents is 1. The summed E-state index contributed by atoms with van der Waals surface area (Å²) in [5.74, 6) is 0. The molecule has 7 heteroatoms. The van der Waals surface area contributed by atoms with E-state index in [4.69, 9.17) is 5.26 Å². The number of nitriles is 1. The summed E-state index contributed by atoms with van der Waals surface area (Å²) < 4.78 is 0. The van der Waals surface area contributed by atoms with E-state index in [0.717, 1.165) is 6.07 Å². The number of nitro groups is 1. The lowest BCUT2D eigenvalue weighted by atomic mass is 9.97. The van der Waals surface area contributed by atoms with Gasteiger partial charge >= 0.3 is 0 Å². The third-order valence-electron chi connectivity index (χ3n) is 3.02. The zero-order valence-corrected chi connectivity index (χ0v) is 10.5. The molecule has 3 N–H and O–H groups in total. The van der Waals surface area contributed by atoms with Crippen LogP contribution in [0.3, 0.4) is 0 Å². The molecular weight excluding hydrogens is 250 g/mol. The van der Waals surface area contributed by atoms with Crippen LogP contribution in [0.5, 0.6) is 0 Å². The van der Waals surface area contributed by atoms with Crippen molar-refractivity contribution in [1.29, 1.82) is 5.26 Å². The lowest BCUT2D eigenvalue weighted by molar-refractivity contribution is -0.384. The van der Waals surface area contributed by atoms with Crippen LogP contribution in [0.2, 0.25) is 0 Å². The molecule has 19 heavy (non-hydrogen) atoms. The number of benzene rings is 1. The van der Waals surface area contributed by atoms with Gasteiger partial charge < -0.3 is 15.5 Å². The summed E-state index contributed by atoms with van der Waals surface area (Å²) in [6.07, 6.45) is 0.432. The summed E-state index contributed by atoms with van der Waals surface area (Å²) in [6, 6.07) is 5.66. The van der Waals surface area contributed by atoms with Crippen molar-refractivity contribution >= 4 is 11.4 Å². The smallest absolute Gasteiger partial charge is 0.270 e. The predicted octanol–water partition coefficient (Wildman–Crippen LogP) is 1.01. The molecular formula is C12H15N3O4. The fourth-order valence-corrected chi connectivity index (χ4v) is 1.57. The number of aliphatic hydroxyl groups excluding tert-OH is 2. The molecule has 0 fully saturated rings. The second-order valence-corrected chi connectivity index (χ2v) is 4.17. The van der Waals surface area contributed by atoms with Gasteiger partial charge in [0.25, 0.3) is 5.69 Å². The Morgan fingerprint density at radius 1 is 1.47 bits per heavy atom. The fourth-order valence-electron chi connectivity index (χ4n) is 1.57. The van der Waals surface area contributed by atoms with Gasteiger partial charge in [0, 0.05) is 12.1 Å². The Kier molecular flexibility index (Phi) is 4.80. The van der Waals surface area contributed by atoms with E-state index in [1.165, 1.54) is 12.1 Å². The Bertz CT molecular complexity index is 498. The molecule has 7 nitrogen and oxygen atoms in total. The molecule has 0 saturated heterocycles. The van der Waals surface area contributed by atoms with E-state index in [0.29, 0.717) is 12.1 Å². The average Bonchev–Trinajstić information content (AvgIpc) is 2.44. The molecule has 0 radical (unpaired) electrons. The monoisotopic (exact) mass is 265 g/mol. The maximum atomic E-state index is 10.6. The average molecular weight is 265 g/mol. The van der Waals surface area contributed by atoms with Crippen molar-refractivity contribution in [3.8, 4) is 6.07 Å².